The van der Waals surface area contributed by atoms with Gasteiger partial charge in [-0.2, -0.15) is 0 Å². The molecule has 0 aromatic heterocycles. The molecule has 0 aliphatic carbocycles. The average Bonchev–Trinajstić information content (AvgIpc) is 3.02. The Morgan fingerprint density at radius 1 is 1.04 bits per heavy atom. The van der Waals surface area contributed by atoms with Crippen LogP contribution in [0, 0.1) is 5.82 Å². The van der Waals surface area contributed by atoms with Crippen LogP contribution in [0.5, 0.6) is 0 Å². The molecule has 0 radical (unpaired) electrons. The zero-order valence-corrected chi connectivity index (χ0v) is 15.3. The van der Waals surface area contributed by atoms with E-state index in [9.17, 15) is 14.0 Å². The van der Waals surface area contributed by atoms with E-state index in [2.05, 4.69) is 0 Å². The minimum atomic E-state index is -0.235. The molecule has 0 atom stereocenters. The van der Waals surface area contributed by atoms with Gasteiger partial charge in [0.1, 0.15) is 5.82 Å². The van der Waals surface area contributed by atoms with Crippen LogP contribution in [0.25, 0.3) is 0 Å². The smallest absolute Gasteiger partial charge is 0.253 e. The summed E-state index contributed by atoms with van der Waals surface area (Å²) in [6.45, 7) is 4.87. The predicted octanol–water partition coefficient (Wildman–Crippen LogP) is 2.70. The molecule has 0 unspecified atom stereocenters. The summed E-state index contributed by atoms with van der Waals surface area (Å²) < 4.78 is 14.0. The highest BCUT2D eigenvalue weighted by Gasteiger charge is 2.28. The van der Waals surface area contributed by atoms with Crippen LogP contribution in [-0.2, 0) is 11.2 Å². The molecule has 4 rings (SSSR count). The molecule has 2 aliphatic rings. The fraction of sp³-hybridized carbons (Fsp3) is 0.333. The highest BCUT2D eigenvalue weighted by atomic mass is 19.1. The van der Waals surface area contributed by atoms with Gasteiger partial charge in [0.05, 0.1) is 12.1 Å². The average molecular weight is 367 g/mol. The molecule has 1 fully saturated rings. The summed E-state index contributed by atoms with van der Waals surface area (Å²) in [7, 11) is 0. The summed E-state index contributed by atoms with van der Waals surface area (Å²) in [4.78, 5) is 30.4. The van der Waals surface area contributed by atoms with Gasteiger partial charge in [-0.1, -0.05) is 12.1 Å². The normalized spacial score (nSPS) is 16.7. The van der Waals surface area contributed by atoms with Crippen molar-refractivity contribution in [2.45, 2.75) is 13.3 Å². The molecule has 2 amide bonds. The zero-order chi connectivity index (χ0) is 19.0. The molecular weight excluding hydrogens is 345 g/mol. The Bertz CT molecular complexity index is 891. The van der Waals surface area contributed by atoms with E-state index in [0.717, 1.165) is 11.3 Å². The molecular formula is C21H22FN3O2. The first-order chi connectivity index (χ1) is 13.1. The number of likely N-dealkylation sites (N-methyl/N-ethyl adjacent to an activating group) is 1. The minimum absolute atomic E-state index is 0.0339. The molecule has 0 bridgehead atoms. The van der Waals surface area contributed by atoms with Gasteiger partial charge in [0.15, 0.2) is 0 Å². The van der Waals surface area contributed by atoms with Gasteiger partial charge < -0.3 is 14.7 Å². The third kappa shape index (κ3) is 3.16. The molecule has 27 heavy (non-hydrogen) atoms. The van der Waals surface area contributed by atoms with E-state index in [1.807, 2.05) is 30.0 Å². The third-order valence-electron chi connectivity index (χ3n) is 5.34. The van der Waals surface area contributed by atoms with Crippen LogP contribution in [0.3, 0.4) is 0 Å². The topological polar surface area (TPSA) is 43.9 Å². The van der Waals surface area contributed by atoms with Crippen molar-refractivity contribution in [3.05, 3.63) is 59.4 Å². The number of carbonyl (C=O) groups excluding carboxylic acids is 2. The number of halogens is 1. The summed E-state index contributed by atoms with van der Waals surface area (Å²) in [6, 6.07) is 12.2. The first-order valence-electron chi connectivity index (χ1n) is 9.30. The van der Waals surface area contributed by atoms with Crippen molar-refractivity contribution < 1.29 is 14.0 Å². The van der Waals surface area contributed by atoms with E-state index < -0.39 is 0 Å². The fourth-order valence-corrected chi connectivity index (χ4v) is 3.90. The van der Waals surface area contributed by atoms with Gasteiger partial charge in [-0.05, 0) is 42.8 Å². The number of hydrogen-bond acceptors (Lipinski definition) is 3. The number of para-hydroxylation sites is 1. The molecule has 1 saturated heterocycles. The Morgan fingerprint density at radius 3 is 2.48 bits per heavy atom. The van der Waals surface area contributed by atoms with Crippen LogP contribution in [0.4, 0.5) is 15.8 Å². The number of fused-ring (bicyclic) bond motifs is 1. The SMILES string of the molecule is CCN1C(=O)Cc2cc(C(=O)N3CCN(c4ccccc4F)CC3)ccc21. The first-order valence-corrected chi connectivity index (χ1v) is 9.30. The van der Waals surface area contributed by atoms with Crippen molar-refractivity contribution in [2.75, 3.05) is 42.5 Å². The van der Waals surface area contributed by atoms with E-state index in [0.29, 0.717) is 50.4 Å². The van der Waals surface area contributed by atoms with Crippen molar-refractivity contribution in [1.29, 1.82) is 0 Å². The van der Waals surface area contributed by atoms with Crippen molar-refractivity contribution in [2.24, 2.45) is 0 Å². The summed E-state index contributed by atoms with van der Waals surface area (Å²) in [5, 5.41) is 0. The summed E-state index contributed by atoms with van der Waals surface area (Å²) in [5.41, 5.74) is 3.01. The number of hydrogen-bond donors (Lipinski definition) is 0. The maximum Gasteiger partial charge on any atom is 0.253 e. The zero-order valence-electron chi connectivity index (χ0n) is 15.3. The van der Waals surface area contributed by atoms with Crippen LogP contribution in [0.1, 0.15) is 22.8 Å². The van der Waals surface area contributed by atoms with Crippen LogP contribution < -0.4 is 9.80 Å². The van der Waals surface area contributed by atoms with Crippen molar-refractivity contribution >= 4 is 23.2 Å². The summed E-state index contributed by atoms with van der Waals surface area (Å²) in [6.07, 6.45) is 0.353. The Morgan fingerprint density at radius 2 is 1.78 bits per heavy atom. The van der Waals surface area contributed by atoms with Crippen molar-refractivity contribution in [3.63, 3.8) is 0 Å². The maximum absolute atomic E-state index is 14.0. The number of carbonyl (C=O) groups is 2. The van der Waals surface area contributed by atoms with Crippen LogP contribution in [-0.4, -0.2) is 49.4 Å². The van der Waals surface area contributed by atoms with E-state index in [1.165, 1.54) is 6.07 Å². The molecule has 2 aromatic rings. The van der Waals surface area contributed by atoms with E-state index >= 15 is 0 Å². The second-order valence-electron chi connectivity index (χ2n) is 6.89. The Labute approximate surface area is 158 Å². The van der Waals surface area contributed by atoms with Gasteiger partial charge in [0.25, 0.3) is 5.91 Å². The van der Waals surface area contributed by atoms with E-state index in [4.69, 9.17) is 0 Å². The first kappa shape index (κ1) is 17.5. The van der Waals surface area contributed by atoms with Crippen molar-refractivity contribution in [3.8, 4) is 0 Å². The lowest BCUT2D eigenvalue weighted by atomic mass is 10.1. The molecule has 2 aromatic carbocycles. The second kappa shape index (κ2) is 7.02. The van der Waals surface area contributed by atoms with Gasteiger partial charge >= 0.3 is 0 Å². The van der Waals surface area contributed by atoms with E-state index in [-0.39, 0.29) is 17.6 Å². The highest BCUT2D eigenvalue weighted by Crippen LogP contribution is 2.30. The number of benzene rings is 2. The van der Waals surface area contributed by atoms with E-state index in [1.54, 1.807) is 28.0 Å². The maximum atomic E-state index is 14.0. The summed E-state index contributed by atoms with van der Waals surface area (Å²) in [5.74, 6) is -0.190. The van der Waals surface area contributed by atoms with Crippen LogP contribution >= 0.6 is 0 Å². The van der Waals surface area contributed by atoms with Gasteiger partial charge in [0, 0.05) is 44.0 Å². The van der Waals surface area contributed by atoms with Gasteiger partial charge in [0.2, 0.25) is 5.91 Å². The van der Waals surface area contributed by atoms with Crippen molar-refractivity contribution in [1.82, 2.24) is 4.90 Å². The largest absolute Gasteiger partial charge is 0.366 e. The Kier molecular flexibility index (Phi) is 4.56. The van der Waals surface area contributed by atoms with Gasteiger partial charge in [-0.3, -0.25) is 9.59 Å². The quantitative estimate of drug-likeness (QED) is 0.838. The van der Waals surface area contributed by atoms with Gasteiger partial charge in [-0.15, -0.1) is 0 Å². The number of anilines is 2. The van der Waals surface area contributed by atoms with Gasteiger partial charge in [-0.25, -0.2) is 4.39 Å². The number of nitrogens with zero attached hydrogens (tertiary/aromatic N) is 3. The highest BCUT2D eigenvalue weighted by molar-refractivity contribution is 6.03. The molecule has 6 heteroatoms. The fourth-order valence-electron chi connectivity index (χ4n) is 3.90. The lowest BCUT2D eigenvalue weighted by Gasteiger charge is -2.36. The summed E-state index contributed by atoms with van der Waals surface area (Å²) >= 11 is 0. The number of rotatable bonds is 3. The Hall–Kier alpha value is -2.89. The molecule has 2 aliphatic heterocycles. The molecule has 2 heterocycles. The minimum Gasteiger partial charge on any atom is -0.366 e. The second-order valence-corrected chi connectivity index (χ2v) is 6.89. The predicted molar refractivity (Wildman–Crippen MR) is 103 cm³/mol. The number of piperazine rings is 1. The lowest BCUT2D eigenvalue weighted by molar-refractivity contribution is -0.117. The Balaban J connectivity index is 1.45. The standard InChI is InChI=1S/C21H22FN3O2/c1-2-25-18-8-7-15(13-16(18)14-20(25)26)21(27)24-11-9-23(10-12-24)19-6-4-3-5-17(19)22/h3-8,13H,2,9-12,14H2,1H3. The van der Waals surface area contributed by atoms with Crippen LogP contribution in [0.15, 0.2) is 42.5 Å². The molecule has 0 N–H and O–H groups in total. The monoisotopic (exact) mass is 367 g/mol. The third-order valence-corrected chi connectivity index (χ3v) is 5.34. The molecule has 140 valence electrons. The molecule has 0 saturated carbocycles. The molecule has 5 nitrogen and oxygen atoms in total. The lowest BCUT2D eigenvalue weighted by Crippen LogP contribution is -2.49. The molecule has 0 spiro atoms. The van der Waals surface area contributed by atoms with Crippen LogP contribution in [0.2, 0.25) is 0 Å². The number of amides is 2.